The highest BCUT2D eigenvalue weighted by molar-refractivity contribution is 7.13. The molecule has 1 aliphatic heterocycles. The average Bonchev–Trinajstić information content (AvgIpc) is 2.62. The number of hydrogen-bond acceptors (Lipinski definition) is 3. The van der Waals surface area contributed by atoms with Gasteiger partial charge in [-0.15, -0.1) is 11.3 Å². The summed E-state index contributed by atoms with van der Waals surface area (Å²) in [5, 5.41) is 5.41. The maximum Gasteiger partial charge on any atom is 0.281 e. The van der Waals surface area contributed by atoms with Crippen molar-refractivity contribution in [1.82, 2.24) is 4.98 Å². The van der Waals surface area contributed by atoms with Crippen molar-refractivity contribution in [2.45, 2.75) is 25.7 Å². The Morgan fingerprint density at radius 1 is 1.38 bits per heavy atom. The van der Waals surface area contributed by atoms with Gasteiger partial charge in [0.05, 0.1) is 13.1 Å². The van der Waals surface area contributed by atoms with Crippen LogP contribution in [0.25, 0.3) is 0 Å². The Morgan fingerprint density at radius 2 is 2.12 bits per heavy atom. The van der Waals surface area contributed by atoms with E-state index in [1.54, 1.807) is 6.20 Å². The number of likely N-dealkylation sites (tertiary alicyclic amines) is 1. The van der Waals surface area contributed by atoms with Crippen LogP contribution in [0, 0.1) is 0 Å². The van der Waals surface area contributed by atoms with Crippen molar-refractivity contribution in [3.8, 4) is 0 Å². The van der Waals surface area contributed by atoms with Crippen LogP contribution in [-0.2, 0) is 4.79 Å². The summed E-state index contributed by atoms with van der Waals surface area (Å²) in [6, 6.07) is 0. The standard InChI is InChI=1S/C11H17N3OS/c15-10(13-11-12-5-8-16-11)9-14-6-3-1-2-4-7-14/h5,8H,1-4,6-7,9H2,(H,12,13,15)/p+1. The summed E-state index contributed by atoms with van der Waals surface area (Å²) >= 11 is 1.47. The van der Waals surface area contributed by atoms with Crippen LogP contribution in [0.3, 0.4) is 0 Å². The fourth-order valence-electron chi connectivity index (χ4n) is 2.08. The molecular weight excluding hydrogens is 222 g/mol. The SMILES string of the molecule is O=C(C[NH+]1CCCCCC1)Nc1nccs1. The molecule has 0 atom stereocenters. The molecule has 0 saturated carbocycles. The van der Waals surface area contributed by atoms with E-state index >= 15 is 0 Å². The fraction of sp³-hybridized carbons (Fsp3) is 0.636. The van der Waals surface area contributed by atoms with E-state index in [1.165, 1.54) is 41.9 Å². The smallest absolute Gasteiger partial charge is 0.281 e. The zero-order valence-electron chi connectivity index (χ0n) is 9.37. The molecular formula is C11H18N3OS+. The van der Waals surface area contributed by atoms with Gasteiger partial charge in [0.15, 0.2) is 11.7 Å². The van der Waals surface area contributed by atoms with Gasteiger partial charge in [-0.3, -0.25) is 10.1 Å². The van der Waals surface area contributed by atoms with Crippen LogP contribution in [0.2, 0.25) is 0 Å². The van der Waals surface area contributed by atoms with Gasteiger partial charge in [-0.05, 0) is 25.7 Å². The predicted octanol–water partition coefficient (Wildman–Crippen LogP) is 0.540. The first-order valence-electron chi connectivity index (χ1n) is 5.87. The molecule has 2 N–H and O–H groups in total. The number of rotatable bonds is 3. The van der Waals surface area contributed by atoms with Gasteiger partial charge in [-0.1, -0.05) is 0 Å². The van der Waals surface area contributed by atoms with Crippen molar-refractivity contribution in [2.24, 2.45) is 0 Å². The fourth-order valence-corrected chi connectivity index (χ4v) is 2.63. The second kappa shape index (κ2) is 5.96. The van der Waals surface area contributed by atoms with E-state index in [1.807, 2.05) is 5.38 Å². The minimum Gasteiger partial charge on any atom is -0.327 e. The summed E-state index contributed by atoms with van der Waals surface area (Å²) in [6.07, 6.45) is 6.84. The maximum atomic E-state index is 11.7. The van der Waals surface area contributed by atoms with Crippen LogP contribution in [0.4, 0.5) is 5.13 Å². The summed E-state index contributed by atoms with van der Waals surface area (Å²) in [5.41, 5.74) is 0. The molecule has 1 saturated heterocycles. The molecule has 0 aromatic carbocycles. The van der Waals surface area contributed by atoms with Gasteiger partial charge in [0.25, 0.3) is 5.91 Å². The van der Waals surface area contributed by atoms with Crippen LogP contribution < -0.4 is 10.2 Å². The Balaban J connectivity index is 1.77. The second-order valence-electron chi connectivity index (χ2n) is 4.23. The number of hydrogen-bond donors (Lipinski definition) is 2. The molecule has 5 heteroatoms. The summed E-state index contributed by atoms with van der Waals surface area (Å²) in [6.45, 7) is 2.84. The van der Waals surface area contributed by atoms with Gasteiger partial charge in [-0.2, -0.15) is 0 Å². The van der Waals surface area contributed by atoms with E-state index in [0.29, 0.717) is 11.7 Å². The molecule has 0 spiro atoms. The topological polar surface area (TPSA) is 46.4 Å². The summed E-state index contributed by atoms with van der Waals surface area (Å²) < 4.78 is 0. The monoisotopic (exact) mass is 240 g/mol. The van der Waals surface area contributed by atoms with Gasteiger partial charge in [-0.25, -0.2) is 4.98 Å². The first kappa shape index (κ1) is 11.5. The normalized spacial score (nSPS) is 18.0. The van der Waals surface area contributed by atoms with Crippen LogP contribution in [-0.4, -0.2) is 30.5 Å². The van der Waals surface area contributed by atoms with Gasteiger partial charge in [0, 0.05) is 11.6 Å². The number of amides is 1. The molecule has 0 unspecified atom stereocenters. The van der Waals surface area contributed by atoms with E-state index in [-0.39, 0.29) is 5.91 Å². The van der Waals surface area contributed by atoms with Crippen molar-refractivity contribution in [3.63, 3.8) is 0 Å². The number of quaternary nitrogens is 1. The molecule has 2 rings (SSSR count). The second-order valence-corrected chi connectivity index (χ2v) is 5.12. The lowest BCUT2D eigenvalue weighted by Gasteiger charge is -2.15. The van der Waals surface area contributed by atoms with Crippen LogP contribution in [0.5, 0.6) is 0 Å². The lowest BCUT2D eigenvalue weighted by atomic mass is 10.2. The zero-order chi connectivity index (χ0) is 11.2. The van der Waals surface area contributed by atoms with E-state index < -0.39 is 0 Å². The van der Waals surface area contributed by atoms with E-state index in [0.717, 1.165) is 13.1 Å². The van der Waals surface area contributed by atoms with Crippen LogP contribution >= 0.6 is 11.3 Å². The quantitative estimate of drug-likeness (QED) is 0.810. The van der Waals surface area contributed by atoms with Crippen molar-refractivity contribution in [2.75, 3.05) is 25.0 Å². The predicted molar refractivity (Wildman–Crippen MR) is 64.8 cm³/mol. The molecule has 0 radical (unpaired) electrons. The molecule has 1 amide bonds. The maximum absolute atomic E-state index is 11.7. The first-order valence-corrected chi connectivity index (χ1v) is 6.75. The lowest BCUT2D eigenvalue weighted by Crippen LogP contribution is -3.12. The highest BCUT2D eigenvalue weighted by Gasteiger charge is 2.16. The summed E-state index contributed by atoms with van der Waals surface area (Å²) in [7, 11) is 0. The Kier molecular flexibility index (Phi) is 4.30. The largest absolute Gasteiger partial charge is 0.327 e. The molecule has 88 valence electrons. The molecule has 1 fully saturated rings. The van der Waals surface area contributed by atoms with E-state index in [2.05, 4.69) is 10.3 Å². The van der Waals surface area contributed by atoms with Crippen LogP contribution in [0.1, 0.15) is 25.7 Å². The molecule has 1 aromatic rings. The zero-order valence-corrected chi connectivity index (χ0v) is 10.2. The third-order valence-electron chi connectivity index (χ3n) is 2.90. The molecule has 0 aliphatic carbocycles. The number of nitrogens with zero attached hydrogens (tertiary/aromatic N) is 1. The number of carbonyl (C=O) groups excluding carboxylic acids is 1. The molecule has 16 heavy (non-hydrogen) atoms. The Bertz CT molecular complexity index is 318. The van der Waals surface area contributed by atoms with Crippen molar-refractivity contribution >= 4 is 22.4 Å². The van der Waals surface area contributed by atoms with Gasteiger partial charge in [0.2, 0.25) is 0 Å². The Morgan fingerprint density at radius 3 is 2.75 bits per heavy atom. The number of carbonyl (C=O) groups is 1. The van der Waals surface area contributed by atoms with Crippen molar-refractivity contribution < 1.29 is 9.69 Å². The van der Waals surface area contributed by atoms with Gasteiger partial charge < -0.3 is 4.90 Å². The molecule has 1 aromatic heterocycles. The summed E-state index contributed by atoms with van der Waals surface area (Å²) in [5.74, 6) is 0.0897. The van der Waals surface area contributed by atoms with E-state index in [9.17, 15) is 4.79 Å². The molecule has 0 bridgehead atoms. The Hall–Kier alpha value is -0.940. The third-order valence-corrected chi connectivity index (χ3v) is 3.59. The first-order chi connectivity index (χ1) is 7.84. The number of anilines is 1. The van der Waals surface area contributed by atoms with Gasteiger partial charge in [0.1, 0.15) is 0 Å². The third kappa shape index (κ3) is 3.57. The lowest BCUT2D eigenvalue weighted by molar-refractivity contribution is -0.890. The number of aromatic nitrogens is 1. The molecule has 1 aliphatic rings. The Labute approximate surface area is 99.7 Å². The average molecular weight is 240 g/mol. The minimum atomic E-state index is 0.0897. The number of thiazole rings is 1. The van der Waals surface area contributed by atoms with Gasteiger partial charge >= 0.3 is 0 Å². The van der Waals surface area contributed by atoms with Crippen LogP contribution in [0.15, 0.2) is 11.6 Å². The van der Waals surface area contributed by atoms with E-state index in [4.69, 9.17) is 0 Å². The highest BCUT2D eigenvalue weighted by Crippen LogP contribution is 2.09. The summed E-state index contributed by atoms with van der Waals surface area (Å²) in [4.78, 5) is 17.2. The molecule has 2 heterocycles. The number of nitrogens with one attached hydrogen (secondary N) is 2. The van der Waals surface area contributed by atoms with Crippen molar-refractivity contribution in [1.29, 1.82) is 0 Å². The molecule has 4 nitrogen and oxygen atoms in total. The van der Waals surface area contributed by atoms with Crippen molar-refractivity contribution in [3.05, 3.63) is 11.6 Å². The minimum absolute atomic E-state index is 0.0897. The highest BCUT2D eigenvalue weighted by atomic mass is 32.1.